The molecule has 6 nitrogen and oxygen atoms in total. The van der Waals surface area contributed by atoms with Crippen LogP contribution in [0.2, 0.25) is 0 Å². The molecule has 0 radical (unpaired) electrons. The SMILES string of the molecule is CCNC(=O)[C@@H]1C[C@H](N)CN1C(=O)CCc1nc2ccccc2s1. The van der Waals surface area contributed by atoms with Gasteiger partial charge in [-0.2, -0.15) is 0 Å². The first-order valence-corrected chi connectivity index (χ1v) is 9.07. The highest BCUT2D eigenvalue weighted by Gasteiger charge is 2.37. The van der Waals surface area contributed by atoms with Gasteiger partial charge in [-0.05, 0) is 25.5 Å². The van der Waals surface area contributed by atoms with Gasteiger partial charge in [0.1, 0.15) is 6.04 Å². The molecule has 3 rings (SSSR count). The van der Waals surface area contributed by atoms with E-state index >= 15 is 0 Å². The number of nitrogens with zero attached hydrogens (tertiary/aromatic N) is 2. The lowest BCUT2D eigenvalue weighted by molar-refractivity contribution is -0.138. The molecule has 0 aliphatic carbocycles. The topological polar surface area (TPSA) is 88.3 Å². The Bertz CT molecular complexity index is 712. The van der Waals surface area contributed by atoms with Gasteiger partial charge in [-0.25, -0.2) is 4.98 Å². The molecule has 3 N–H and O–H groups in total. The van der Waals surface area contributed by atoms with Gasteiger partial charge in [0, 0.05) is 32.0 Å². The van der Waals surface area contributed by atoms with Crippen LogP contribution in [-0.4, -0.2) is 46.9 Å². The molecule has 2 amide bonds. The van der Waals surface area contributed by atoms with Crippen LogP contribution in [0, 0.1) is 0 Å². The van der Waals surface area contributed by atoms with Gasteiger partial charge in [0.05, 0.1) is 15.2 Å². The molecule has 2 atom stereocenters. The van der Waals surface area contributed by atoms with Gasteiger partial charge < -0.3 is 16.0 Å². The zero-order chi connectivity index (χ0) is 17.1. The Kier molecular flexibility index (Phi) is 5.11. The molecule has 24 heavy (non-hydrogen) atoms. The molecule has 0 unspecified atom stereocenters. The van der Waals surface area contributed by atoms with E-state index in [4.69, 9.17) is 5.73 Å². The van der Waals surface area contributed by atoms with Crippen LogP contribution in [0.25, 0.3) is 10.2 Å². The molecule has 2 heterocycles. The van der Waals surface area contributed by atoms with Crippen molar-refractivity contribution in [2.75, 3.05) is 13.1 Å². The third-order valence-corrected chi connectivity index (χ3v) is 5.29. The maximum Gasteiger partial charge on any atom is 0.242 e. The number of carbonyl (C=O) groups is 2. The molecule has 0 bridgehead atoms. The van der Waals surface area contributed by atoms with Crippen LogP contribution in [0.3, 0.4) is 0 Å². The predicted octanol–water partition coefficient (Wildman–Crippen LogP) is 1.29. The number of likely N-dealkylation sites (tertiary alicyclic amines) is 1. The summed E-state index contributed by atoms with van der Waals surface area (Å²) in [6, 6.07) is 7.37. The van der Waals surface area contributed by atoms with E-state index in [2.05, 4.69) is 10.3 Å². The maximum atomic E-state index is 12.6. The van der Waals surface area contributed by atoms with Crippen LogP contribution in [0.1, 0.15) is 24.8 Å². The molecule has 7 heteroatoms. The summed E-state index contributed by atoms with van der Waals surface area (Å²) in [7, 11) is 0. The van der Waals surface area contributed by atoms with Crippen molar-refractivity contribution in [2.24, 2.45) is 5.73 Å². The minimum atomic E-state index is -0.442. The van der Waals surface area contributed by atoms with Gasteiger partial charge in [-0.1, -0.05) is 12.1 Å². The molecule has 1 aromatic carbocycles. The summed E-state index contributed by atoms with van der Waals surface area (Å²) >= 11 is 1.61. The highest BCUT2D eigenvalue weighted by atomic mass is 32.1. The minimum Gasteiger partial charge on any atom is -0.355 e. The number of amides is 2. The molecular formula is C17H22N4O2S. The Morgan fingerprint density at radius 1 is 1.42 bits per heavy atom. The number of aryl methyl sites for hydroxylation is 1. The number of aromatic nitrogens is 1. The standard InChI is InChI=1S/C17H22N4O2S/c1-2-19-17(23)13-9-11(18)10-21(13)16(22)8-7-15-20-12-5-3-4-6-14(12)24-15/h3-6,11,13H,2,7-10,18H2,1H3,(H,19,23)/t11-,13-/m0/s1. The first kappa shape index (κ1) is 16.9. The Labute approximate surface area is 145 Å². The third-order valence-electron chi connectivity index (χ3n) is 4.20. The number of fused-ring (bicyclic) bond motifs is 1. The van der Waals surface area contributed by atoms with Gasteiger partial charge in [-0.3, -0.25) is 9.59 Å². The van der Waals surface area contributed by atoms with Crippen molar-refractivity contribution < 1.29 is 9.59 Å². The Balaban J connectivity index is 1.63. The number of hydrogen-bond acceptors (Lipinski definition) is 5. The molecular weight excluding hydrogens is 324 g/mol. The quantitative estimate of drug-likeness (QED) is 0.854. The Hall–Kier alpha value is -1.99. The molecule has 1 saturated heterocycles. The van der Waals surface area contributed by atoms with E-state index in [1.807, 2.05) is 31.2 Å². The van der Waals surface area contributed by atoms with Crippen molar-refractivity contribution in [3.63, 3.8) is 0 Å². The molecule has 1 aromatic heterocycles. The van der Waals surface area contributed by atoms with Gasteiger partial charge in [-0.15, -0.1) is 11.3 Å². The Morgan fingerprint density at radius 3 is 2.96 bits per heavy atom. The van der Waals surface area contributed by atoms with E-state index in [0.717, 1.165) is 15.2 Å². The molecule has 128 valence electrons. The summed E-state index contributed by atoms with van der Waals surface area (Å²) in [5.41, 5.74) is 6.93. The molecule has 1 aliphatic heterocycles. The lowest BCUT2D eigenvalue weighted by Gasteiger charge is -2.23. The van der Waals surface area contributed by atoms with Crippen molar-refractivity contribution in [2.45, 2.75) is 38.3 Å². The number of likely N-dealkylation sites (N-methyl/N-ethyl adjacent to an activating group) is 1. The van der Waals surface area contributed by atoms with Gasteiger partial charge in [0.15, 0.2) is 0 Å². The second-order valence-electron chi connectivity index (χ2n) is 6.03. The fourth-order valence-electron chi connectivity index (χ4n) is 3.07. The summed E-state index contributed by atoms with van der Waals surface area (Å²) < 4.78 is 1.13. The number of thiazole rings is 1. The average molecular weight is 346 g/mol. The molecule has 2 aromatic rings. The first-order valence-electron chi connectivity index (χ1n) is 8.25. The number of para-hydroxylation sites is 1. The highest BCUT2D eigenvalue weighted by molar-refractivity contribution is 7.18. The monoisotopic (exact) mass is 346 g/mol. The van der Waals surface area contributed by atoms with Crippen LogP contribution in [0.15, 0.2) is 24.3 Å². The van der Waals surface area contributed by atoms with Crippen LogP contribution >= 0.6 is 11.3 Å². The van der Waals surface area contributed by atoms with Crippen LogP contribution in [-0.2, 0) is 16.0 Å². The van der Waals surface area contributed by atoms with Crippen LogP contribution in [0.5, 0.6) is 0 Å². The summed E-state index contributed by atoms with van der Waals surface area (Å²) in [4.78, 5) is 30.9. The van der Waals surface area contributed by atoms with E-state index in [0.29, 0.717) is 32.4 Å². The van der Waals surface area contributed by atoms with Gasteiger partial charge in [0.2, 0.25) is 11.8 Å². The zero-order valence-corrected chi connectivity index (χ0v) is 14.5. The average Bonchev–Trinajstić information content (AvgIpc) is 3.15. The predicted molar refractivity (Wildman–Crippen MR) is 94.7 cm³/mol. The second-order valence-corrected chi connectivity index (χ2v) is 7.14. The second kappa shape index (κ2) is 7.27. The summed E-state index contributed by atoms with van der Waals surface area (Å²) in [6.07, 6.45) is 1.47. The van der Waals surface area contributed by atoms with Crippen LogP contribution < -0.4 is 11.1 Å². The van der Waals surface area contributed by atoms with Crippen molar-refractivity contribution in [3.8, 4) is 0 Å². The van der Waals surface area contributed by atoms with Crippen molar-refractivity contribution in [1.82, 2.24) is 15.2 Å². The van der Waals surface area contributed by atoms with Crippen molar-refractivity contribution >= 4 is 33.4 Å². The Morgan fingerprint density at radius 2 is 2.21 bits per heavy atom. The normalized spacial score (nSPS) is 20.5. The number of benzene rings is 1. The number of carbonyl (C=O) groups excluding carboxylic acids is 2. The van der Waals surface area contributed by atoms with Gasteiger partial charge >= 0.3 is 0 Å². The number of hydrogen-bond donors (Lipinski definition) is 2. The number of rotatable bonds is 5. The first-order chi connectivity index (χ1) is 11.6. The maximum absolute atomic E-state index is 12.6. The van der Waals surface area contributed by atoms with E-state index < -0.39 is 6.04 Å². The fraction of sp³-hybridized carbons (Fsp3) is 0.471. The number of nitrogens with two attached hydrogens (primary N) is 1. The molecule has 1 fully saturated rings. The summed E-state index contributed by atoms with van der Waals surface area (Å²) in [6.45, 7) is 2.87. The van der Waals surface area contributed by atoms with Gasteiger partial charge in [0.25, 0.3) is 0 Å². The highest BCUT2D eigenvalue weighted by Crippen LogP contribution is 2.24. The molecule has 1 aliphatic rings. The lowest BCUT2D eigenvalue weighted by Crippen LogP contribution is -2.46. The largest absolute Gasteiger partial charge is 0.355 e. The van der Waals surface area contributed by atoms with Crippen LogP contribution in [0.4, 0.5) is 0 Å². The summed E-state index contributed by atoms with van der Waals surface area (Å²) in [5, 5.41) is 3.73. The molecule has 0 spiro atoms. The zero-order valence-electron chi connectivity index (χ0n) is 13.7. The van der Waals surface area contributed by atoms with E-state index in [9.17, 15) is 9.59 Å². The van der Waals surface area contributed by atoms with Crippen molar-refractivity contribution in [1.29, 1.82) is 0 Å². The van der Waals surface area contributed by atoms with E-state index in [-0.39, 0.29) is 17.9 Å². The third kappa shape index (κ3) is 3.57. The van der Waals surface area contributed by atoms with E-state index in [1.54, 1.807) is 16.2 Å². The van der Waals surface area contributed by atoms with Crippen molar-refractivity contribution in [3.05, 3.63) is 29.3 Å². The molecule has 0 saturated carbocycles. The fourth-order valence-corrected chi connectivity index (χ4v) is 4.04. The summed E-state index contributed by atoms with van der Waals surface area (Å²) in [5.74, 6) is -0.141. The smallest absolute Gasteiger partial charge is 0.242 e. The minimum absolute atomic E-state index is 0.0292. The van der Waals surface area contributed by atoms with E-state index in [1.165, 1.54) is 0 Å². The number of nitrogens with one attached hydrogen (secondary N) is 1. The lowest BCUT2D eigenvalue weighted by atomic mass is 10.1.